The van der Waals surface area contributed by atoms with Gasteiger partial charge in [-0.05, 0) is 56.4 Å². The molecule has 0 unspecified atom stereocenters. The third-order valence-electron chi connectivity index (χ3n) is 6.38. The van der Waals surface area contributed by atoms with Gasteiger partial charge in [0.05, 0.1) is 18.7 Å². The van der Waals surface area contributed by atoms with E-state index in [1.54, 1.807) is 12.1 Å². The van der Waals surface area contributed by atoms with Crippen molar-refractivity contribution in [2.75, 3.05) is 25.0 Å². The van der Waals surface area contributed by atoms with Gasteiger partial charge in [0.1, 0.15) is 6.61 Å². The molecule has 0 spiro atoms. The first-order valence-corrected chi connectivity index (χ1v) is 11.7. The van der Waals surface area contributed by atoms with Gasteiger partial charge in [-0.15, -0.1) is 0 Å². The molecule has 2 aliphatic rings. The molecule has 178 valence electrons. The molecule has 3 aromatic carbocycles. The highest BCUT2D eigenvalue weighted by Gasteiger charge is 2.50. The Balaban J connectivity index is 1.25. The van der Waals surface area contributed by atoms with E-state index in [9.17, 15) is 19.5 Å². The molecule has 35 heavy (non-hydrogen) atoms. The maximum Gasteiger partial charge on any atom is 0.411 e. The summed E-state index contributed by atoms with van der Waals surface area (Å²) in [5, 5.41) is 21.6. The number of rotatable bonds is 5. The number of β-amino-alcohol motifs (C(OH)–C–C–N with tert-alkyl or cyclic N) is 1. The SMILES string of the molecule is O=C(Nc1ccc(Br)c(C(=O)N2CC(O)(C(=O)O)C2)c1)OCC1c2ccccc2-c2ccccc21. The lowest BCUT2D eigenvalue weighted by molar-refractivity contribution is -0.173. The Morgan fingerprint density at radius 1 is 1.00 bits per heavy atom. The summed E-state index contributed by atoms with van der Waals surface area (Å²) >= 11 is 3.31. The summed E-state index contributed by atoms with van der Waals surface area (Å²) in [5.41, 5.74) is 3.13. The van der Waals surface area contributed by atoms with Crippen LogP contribution < -0.4 is 5.32 Å². The Kier molecular flexibility index (Phi) is 5.82. The predicted octanol–water partition coefficient (Wildman–Crippen LogP) is 4.08. The number of nitrogens with one attached hydrogen (secondary N) is 1. The first-order valence-electron chi connectivity index (χ1n) is 10.9. The van der Waals surface area contributed by atoms with Crippen LogP contribution in [0.1, 0.15) is 27.4 Å². The van der Waals surface area contributed by atoms with Gasteiger partial charge in [0.15, 0.2) is 5.60 Å². The van der Waals surface area contributed by atoms with Crippen LogP contribution in [0.15, 0.2) is 71.2 Å². The smallest absolute Gasteiger partial charge is 0.411 e. The number of aliphatic hydroxyl groups is 1. The number of hydrogen-bond acceptors (Lipinski definition) is 5. The maximum atomic E-state index is 12.8. The Morgan fingerprint density at radius 3 is 2.20 bits per heavy atom. The number of benzene rings is 3. The van der Waals surface area contributed by atoms with Crippen LogP contribution >= 0.6 is 15.9 Å². The number of hydrogen-bond donors (Lipinski definition) is 3. The monoisotopic (exact) mass is 536 g/mol. The van der Waals surface area contributed by atoms with Gasteiger partial charge in [0.25, 0.3) is 5.91 Å². The van der Waals surface area contributed by atoms with Gasteiger partial charge in [-0.25, -0.2) is 9.59 Å². The molecule has 0 atom stereocenters. The molecule has 5 rings (SSSR count). The van der Waals surface area contributed by atoms with E-state index < -0.39 is 23.6 Å². The first kappa shape index (κ1) is 23.1. The quantitative estimate of drug-likeness (QED) is 0.452. The van der Waals surface area contributed by atoms with Crippen LogP contribution in [0.4, 0.5) is 10.5 Å². The van der Waals surface area contributed by atoms with Crippen molar-refractivity contribution in [3.63, 3.8) is 0 Å². The second kappa shape index (κ2) is 8.83. The summed E-state index contributed by atoms with van der Waals surface area (Å²) in [6, 6.07) is 20.8. The predicted molar refractivity (Wildman–Crippen MR) is 131 cm³/mol. The largest absolute Gasteiger partial charge is 0.479 e. The molecule has 2 amide bonds. The van der Waals surface area contributed by atoms with E-state index in [-0.39, 0.29) is 31.2 Å². The van der Waals surface area contributed by atoms with E-state index in [0.29, 0.717) is 10.2 Å². The van der Waals surface area contributed by atoms with Crippen molar-refractivity contribution in [2.45, 2.75) is 11.5 Å². The van der Waals surface area contributed by atoms with Gasteiger partial charge in [-0.3, -0.25) is 10.1 Å². The van der Waals surface area contributed by atoms with E-state index in [1.807, 2.05) is 36.4 Å². The summed E-state index contributed by atoms with van der Waals surface area (Å²) in [6.07, 6.45) is -0.656. The highest BCUT2D eigenvalue weighted by Crippen LogP contribution is 2.44. The van der Waals surface area contributed by atoms with Crippen LogP contribution in [0.5, 0.6) is 0 Å². The number of anilines is 1. The van der Waals surface area contributed by atoms with E-state index in [0.717, 1.165) is 22.3 Å². The minimum absolute atomic E-state index is 0.0744. The van der Waals surface area contributed by atoms with Gasteiger partial charge in [0, 0.05) is 16.1 Å². The second-order valence-corrected chi connectivity index (χ2v) is 9.50. The number of amides is 2. The van der Waals surface area contributed by atoms with Crippen molar-refractivity contribution in [1.29, 1.82) is 0 Å². The van der Waals surface area contributed by atoms with Crippen molar-refractivity contribution in [3.8, 4) is 11.1 Å². The summed E-state index contributed by atoms with van der Waals surface area (Å²) in [4.78, 5) is 37.7. The fourth-order valence-electron chi connectivity index (χ4n) is 4.55. The van der Waals surface area contributed by atoms with Gasteiger partial charge >= 0.3 is 12.1 Å². The van der Waals surface area contributed by atoms with Crippen LogP contribution in [0, 0.1) is 0 Å². The second-order valence-electron chi connectivity index (χ2n) is 8.64. The van der Waals surface area contributed by atoms with Crippen LogP contribution in [0.3, 0.4) is 0 Å². The van der Waals surface area contributed by atoms with E-state index in [1.165, 1.54) is 11.0 Å². The average Bonchev–Trinajstić information content (AvgIpc) is 3.15. The van der Waals surface area contributed by atoms with Crippen LogP contribution in [-0.2, 0) is 9.53 Å². The highest BCUT2D eigenvalue weighted by molar-refractivity contribution is 9.10. The third kappa shape index (κ3) is 4.17. The molecule has 9 heteroatoms. The van der Waals surface area contributed by atoms with Gasteiger partial charge in [0.2, 0.25) is 0 Å². The first-order chi connectivity index (χ1) is 16.8. The maximum absolute atomic E-state index is 12.8. The number of nitrogens with zero attached hydrogens (tertiary/aromatic N) is 1. The summed E-state index contributed by atoms with van der Waals surface area (Å²) < 4.78 is 6.03. The van der Waals surface area contributed by atoms with Crippen LogP contribution in [0.25, 0.3) is 11.1 Å². The molecular weight excluding hydrogens is 516 g/mol. The zero-order valence-electron chi connectivity index (χ0n) is 18.4. The van der Waals surface area contributed by atoms with E-state index >= 15 is 0 Å². The Labute approximate surface area is 209 Å². The Bertz CT molecular complexity index is 1310. The summed E-state index contributed by atoms with van der Waals surface area (Å²) in [6.45, 7) is -0.459. The molecule has 0 bridgehead atoms. The van der Waals surface area contributed by atoms with Gasteiger partial charge in [-0.2, -0.15) is 0 Å². The lowest BCUT2D eigenvalue weighted by atomic mass is 9.93. The van der Waals surface area contributed by atoms with Crippen molar-refractivity contribution < 1.29 is 29.3 Å². The minimum Gasteiger partial charge on any atom is -0.479 e. The van der Waals surface area contributed by atoms with Gasteiger partial charge in [-0.1, -0.05) is 48.5 Å². The number of carbonyl (C=O) groups excluding carboxylic acids is 2. The highest BCUT2D eigenvalue weighted by atomic mass is 79.9. The average molecular weight is 537 g/mol. The Hall–Kier alpha value is -3.69. The summed E-state index contributed by atoms with van der Waals surface area (Å²) in [5.74, 6) is -1.90. The third-order valence-corrected chi connectivity index (χ3v) is 7.07. The molecule has 3 aromatic rings. The van der Waals surface area contributed by atoms with E-state index in [4.69, 9.17) is 9.84 Å². The molecule has 0 aromatic heterocycles. The fraction of sp³-hybridized carbons (Fsp3) is 0.192. The number of aliphatic carboxylic acids is 1. The lowest BCUT2D eigenvalue weighted by Crippen LogP contribution is -2.67. The molecule has 1 saturated heterocycles. The molecule has 1 aliphatic carbocycles. The molecule has 0 radical (unpaired) electrons. The number of fused-ring (bicyclic) bond motifs is 3. The molecule has 1 heterocycles. The zero-order chi connectivity index (χ0) is 24.7. The molecule has 1 fully saturated rings. The minimum atomic E-state index is -1.93. The topological polar surface area (TPSA) is 116 Å². The normalized spacial score (nSPS) is 15.5. The number of carboxylic acids is 1. The van der Waals surface area contributed by atoms with E-state index in [2.05, 4.69) is 33.4 Å². The lowest BCUT2D eigenvalue weighted by Gasteiger charge is -2.43. The molecular formula is C26H21BrN2O6. The number of carbonyl (C=O) groups is 3. The fourth-order valence-corrected chi connectivity index (χ4v) is 4.97. The molecule has 1 aliphatic heterocycles. The van der Waals surface area contributed by atoms with Crippen LogP contribution in [-0.4, -0.2) is 58.4 Å². The molecule has 8 nitrogen and oxygen atoms in total. The number of likely N-dealkylation sites (tertiary alicyclic amines) is 1. The van der Waals surface area contributed by atoms with Crippen LogP contribution in [0.2, 0.25) is 0 Å². The molecule has 0 saturated carbocycles. The standard InChI is InChI=1S/C26H21BrN2O6/c27-22-10-9-15(11-20(22)23(30)29-13-26(34,14-29)24(31)32)28-25(33)35-12-21-18-7-3-1-5-16(18)17-6-2-4-8-19(17)21/h1-11,21,34H,12-14H2,(H,28,33)(H,31,32). The Morgan fingerprint density at radius 2 is 1.60 bits per heavy atom. The molecule has 3 N–H and O–H groups in total. The van der Waals surface area contributed by atoms with Crippen molar-refractivity contribution in [2.24, 2.45) is 0 Å². The number of halogens is 1. The van der Waals surface area contributed by atoms with Crippen molar-refractivity contribution in [3.05, 3.63) is 87.9 Å². The number of ether oxygens (including phenoxy) is 1. The van der Waals surface area contributed by atoms with Gasteiger partial charge < -0.3 is 19.8 Å². The zero-order valence-corrected chi connectivity index (χ0v) is 20.0. The van der Waals surface area contributed by atoms with Crippen molar-refractivity contribution >= 4 is 39.6 Å². The number of carboxylic acid groups (broad SMARTS) is 1. The van der Waals surface area contributed by atoms with Crippen molar-refractivity contribution in [1.82, 2.24) is 4.90 Å². The summed E-state index contributed by atoms with van der Waals surface area (Å²) in [7, 11) is 0.